The van der Waals surface area contributed by atoms with Crippen molar-refractivity contribution >= 4 is 43.4 Å². The molecule has 2 aromatic heterocycles. The average Bonchev–Trinajstić information content (AvgIpc) is 3.32. The maximum Gasteiger partial charge on any atom is 0.272 e. The van der Waals surface area contributed by atoms with Gasteiger partial charge >= 0.3 is 0 Å². The number of hydrogen-bond acceptors (Lipinski definition) is 6. The van der Waals surface area contributed by atoms with Crippen LogP contribution in [-0.4, -0.2) is 27.5 Å². The number of likely N-dealkylation sites (tertiary alicyclic amines) is 1. The molecular weight excluding hydrogens is 496 g/mol. The van der Waals surface area contributed by atoms with E-state index in [-0.39, 0.29) is 11.6 Å². The van der Waals surface area contributed by atoms with Crippen LogP contribution in [0.1, 0.15) is 35.6 Å². The van der Waals surface area contributed by atoms with Gasteiger partial charge in [0.15, 0.2) is 5.16 Å². The number of hydrogen-bond donors (Lipinski definition) is 0. The molecule has 7 heteroatoms. The fraction of sp³-hybridized carbons (Fsp3) is 0.233. The van der Waals surface area contributed by atoms with Gasteiger partial charge in [-0.05, 0) is 36.1 Å². The fourth-order valence-electron chi connectivity index (χ4n) is 5.13. The van der Waals surface area contributed by atoms with Crippen molar-refractivity contribution in [3.8, 4) is 6.07 Å². The van der Waals surface area contributed by atoms with Gasteiger partial charge in [0, 0.05) is 41.5 Å². The molecule has 1 aliphatic heterocycles. The van der Waals surface area contributed by atoms with Crippen molar-refractivity contribution in [3.63, 3.8) is 0 Å². The Morgan fingerprint density at radius 1 is 0.973 bits per heavy atom. The molecule has 0 spiro atoms. The van der Waals surface area contributed by atoms with Crippen molar-refractivity contribution in [1.29, 1.82) is 5.26 Å². The van der Waals surface area contributed by atoms with Crippen LogP contribution in [-0.2, 0) is 12.3 Å². The molecule has 0 aliphatic carbocycles. The topological polar surface area (TPSA) is 61.9 Å². The van der Waals surface area contributed by atoms with Crippen molar-refractivity contribution in [2.45, 2.75) is 36.3 Å². The van der Waals surface area contributed by atoms with Crippen molar-refractivity contribution in [3.05, 3.63) is 106 Å². The first-order chi connectivity index (χ1) is 18.2. The van der Waals surface area contributed by atoms with Gasteiger partial charge in [0.05, 0.1) is 17.1 Å². The molecule has 3 heterocycles. The van der Waals surface area contributed by atoms with E-state index in [0.717, 1.165) is 63.5 Å². The van der Waals surface area contributed by atoms with Gasteiger partial charge in [-0.25, -0.2) is 4.98 Å². The molecule has 37 heavy (non-hydrogen) atoms. The predicted octanol–water partition coefficient (Wildman–Crippen LogP) is 6.61. The second-order valence-electron chi connectivity index (χ2n) is 9.40. The van der Waals surface area contributed by atoms with Crippen LogP contribution in [0.4, 0.5) is 0 Å². The summed E-state index contributed by atoms with van der Waals surface area (Å²) >= 11 is 3.10. The summed E-state index contributed by atoms with van der Waals surface area (Å²) in [5.74, 6) is 0.594. The number of nitriles is 1. The first kappa shape index (κ1) is 23.9. The number of rotatable bonds is 6. The van der Waals surface area contributed by atoms with Gasteiger partial charge in [-0.3, -0.25) is 14.3 Å². The Bertz CT molecular complexity index is 1660. The minimum absolute atomic E-state index is 0.0591. The molecule has 5 aromatic rings. The fourth-order valence-corrected chi connectivity index (χ4v) is 7.27. The van der Waals surface area contributed by atoms with Gasteiger partial charge < -0.3 is 0 Å². The summed E-state index contributed by atoms with van der Waals surface area (Å²) in [5, 5.41) is 11.3. The van der Waals surface area contributed by atoms with E-state index in [1.165, 1.54) is 16.9 Å². The Hall–Kier alpha value is -3.44. The van der Waals surface area contributed by atoms with Crippen LogP contribution in [0.25, 0.3) is 20.3 Å². The van der Waals surface area contributed by atoms with E-state index >= 15 is 0 Å². The molecule has 0 unspecified atom stereocenters. The maximum atomic E-state index is 14.0. The lowest BCUT2D eigenvalue weighted by atomic mass is 10.0. The molecule has 3 aromatic carbocycles. The monoisotopic (exact) mass is 522 g/mol. The third-order valence-electron chi connectivity index (χ3n) is 7.06. The number of nitrogens with zero attached hydrogens (tertiary/aromatic N) is 4. The largest absolute Gasteiger partial charge is 0.299 e. The Kier molecular flexibility index (Phi) is 6.79. The van der Waals surface area contributed by atoms with Crippen LogP contribution in [0.2, 0.25) is 0 Å². The minimum Gasteiger partial charge on any atom is -0.299 e. The first-order valence-electron chi connectivity index (χ1n) is 12.5. The number of fused-ring (bicyclic) bond motifs is 3. The van der Waals surface area contributed by atoms with Gasteiger partial charge in [-0.1, -0.05) is 78.5 Å². The summed E-state index contributed by atoms with van der Waals surface area (Å²) in [4.78, 5) is 21.5. The molecule has 0 saturated carbocycles. The van der Waals surface area contributed by atoms with E-state index in [1.54, 1.807) is 11.8 Å². The summed E-state index contributed by atoms with van der Waals surface area (Å²) < 4.78 is 3.77. The molecule has 0 bridgehead atoms. The zero-order valence-corrected chi connectivity index (χ0v) is 22.0. The highest BCUT2D eigenvalue weighted by atomic mass is 32.2. The molecular formula is C30H26N4OS2. The Balaban J connectivity index is 1.34. The molecule has 0 amide bonds. The van der Waals surface area contributed by atoms with Crippen molar-refractivity contribution < 1.29 is 0 Å². The van der Waals surface area contributed by atoms with Gasteiger partial charge in [-0.2, -0.15) is 5.26 Å². The number of benzene rings is 3. The number of thioether (sulfide) groups is 1. The Morgan fingerprint density at radius 2 is 1.70 bits per heavy atom. The molecule has 5 nitrogen and oxygen atoms in total. The van der Waals surface area contributed by atoms with Crippen molar-refractivity contribution in [2.75, 3.05) is 13.1 Å². The van der Waals surface area contributed by atoms with Crippen LogP contribution in [0.5, 0.6) is 0 Å². The van der Waals surface area contributed by atoms with E-state index in [0.29, 0.717) is 11.3 Å². The van der Waals surface area contributed by atoms with Crippen LogP contribution in [0.15, 0.2) is 88.8 Å². The predicted molar refractivity (Wildman–Crippen MR) is 152 cm³/mol. The molecule has 1 fully saturated rings. The highest BCUT2D eigenvalue weighted by molar-refractivity contribution is 7.98. The molecule has 0 atom stereocenters. The third kappa shape index (κ3) is 4.80. The summed E-state index contributed by atoms with van der Waals surface area (Å²) in [6, 6.07) is 28.7. The third-order valence-corrected chi connectivity index (χ3v) is 9.21. The van der Waals surface area contributed by atoms with Crippen LogP contribution >= 0.6 is 23.1 Å². The summed E-state index contributed by atoms with van der Waals surface area (Å²) in [5.41, 5.74) is 3.80. The smallest absolute Gasteiger partial charge is 0.272 e. The number of thiophene rings is 1. The highest BCUT2D eigenvalue weighted by Crippen LogP contribution is 2.35. The SMILES string of the molecule is N#Cc1ccccc1CSc1nc2c(sc3ccccc32)c(=O)n1C1CCN(Cc2ccccc2)CC1. The van der Waals surface area contributed by atoms with E-state index < -0.39 is 0 Å². The molecule has 1 saturated heterocycles. The Labute approximate surface area is 224 Å². The summed E-state index contributed by atoms with van der Waals surface area (Å²) in [6.45, 7) is 2.82. The van der Waals surface area contributed by atoms with E-state index in [2.05, 4.69) is 41.3 Å². The standard InChI is InChI=1S/C30H26N4OS2/c31-18-22-10-4-5-11-23(22)20-36-30-32-27-25-12-6-7-13-26(25)37-28(27)29(35)34(30)24-14-16-33(17-15-24)19-21-8-2-1-3-9-21/h1-13,24H,14-17,19-20H2. The molecule has 6 rings (SSSR count). The number of piperidine rings is 1. The molecule has 184 valence electrons. The molecule has 1 aliphatic rings. The van der Waals surface area contributed by atoms with E-state index in [9.17, 15) is 10.1 Å². The zero-order chi connectivity index (χ0) is 25.2. The zero-order valence-electron chi connectivity index (χ0n) is 20.3. The lowest BCUT2D eigenvalue weighted by Crippen LogP contribution is -2.38. The second-order valence-corrected chi connectivity index (χ2v) is 11.4. The van der Waals surface area contributed by atoms with Gasteiger partial charge in [0.1, 0.15) is 4.70 Å². The minimum atomic E-state index is 0.0591. The van der Waals surface area contributed by atoms with E-state index in [1.807, 2.05) is 53.1 Å². The normalized spacial score (nSPS) is 14.8. The van der Waals surface area contributed by atoms with Gasteiger partial charge in [0.25, 0.3) is 5.56 Å². The first-order valence-corrected chi connectivity index (χ1v) is 14.3. The quantitative estimate of drug-likeness (QED) is 0.185. The number of aromatic nitrogens is 2. The van der Waals surface area contributed by atoms with Gasteiger partial charge in [0.2, 0.25) is 0 Å². The summed E-state index contributed by atoms with van der Waals surface area (Å²) in [6.07, 6.45) is 1.82. The van der Waals surface area contributed by atoms with Crippen molar-refractivity contribution in [2.24, 2.45) is 0 Å². The van der Waals surface area contributed by atoms with E-state index in [4.69, 9.17) is 4.98 Å². The second kappa shape index (κ2) is 10.5. The van der Waals surface area contributed by atoms with Crippen LogP contribution in [0.3, 0.4) is 0 Å². The van der Waals surface area contributed by atoms with Gasteiger partial charge in [-0.15, -0.1) is 11.3 Å². The molecule has 0 radical (unpaired) electrons. The van der Waals surface area contributed by atoms with Crippen LogP contribution < -0.4 is 5.56 Å². The molecule has 0 N–H and O–H groups in total. The lowest BCUT2D eigenvalue weighted by molar-refractivity contribution is 0.173. The Morgan fingerprint density at radius 3 is 2.51 bits per heavy atom. The average molecular weight is 523 g/mol. The maximum absolute atomic E-state index is 14.0. The van der Waals surface area contributed by atoms with Crippen molar-refractivity contribution in [1.82, 2.24) is 14.5 Å². The summed E-state index contributed by atoms with van der Waals surface area (Å²) in [7, 11) is 0. The van der Waals surface area contributed by atoms with Crippen LogP contribution in [0, 0.1) is 11.3 Å². The lowest BCUT2D eigenvalue weighted by Gasteiger charge is -2.33. The highest BCUT2D eigenvalue weighted by Gasteiger charge is 2.26.